The molecule has 9 nitrogen and oxygen atoms in total. The fraction of sp³-hybridized carbons (Fsp3) is 0.361. The molecule has 1 unspecified atom stereocenters. The number of phenols is 1. The number of carbonyl (C=O) groups excluding carboxylic acids is 1. The van der Waals surface area contributed by atoms with Gasteiger partial charge in [0.2, 0.25) is 11.7 Å². The molecule has 0 saturated carbocycles. The van der Waals surface area contributed by atoms with Crippen molar-refractivity contribution < 1.29 is 19.5 Å². The predicted octanol–water partition coefficient (Wildman–Crippen LogP) is 3.34. The minimum atomic E-state index is -0.0188. The third-order valence-electron chi connectivity index (χ3n) is 9.47. The lowest BCUT2D eigenvalue weighted by molar-refractivity contribution is -0.840. The molecule has 2 saturated heterocycles. The first-order chi connectivity index (χ1) is 22.0. The van der Waals surface area contributed by atoms with E-state index in [0.29, 0.717) is 38.2 Å². The molecule has 0 radical (unpaired) electrons. The number of rotatable bonds is 8. The minimum absolute atomic E-state index is 0.0188. The molecule has 0 bridgehead atoms. The maximum atomic E-state index is 12.2. The van der Waals surface area contributed by atoms with Crippen LogP contribution < -0.4 is 14.5 Å². The van der Waals surface area contributed by atoms with Crippen molar-refractivity contribution in [2.45, 2.75) is 25.9 Å². The summed E-state index contributed by atoms with van der Waals surface area (Å²) in [6.07, 6.45) is 3.28. The highest BCUT2D eigenvalue weighted by atomic mass is 16.5. The van der Waals surface area contributed by atoms with Crippen LogP contribution in [0.3, 0.4) is 0 Å². The fourth-order valence-corrected chi connectivity index (χ4v) is 7.10. The number of quaternary nitrogens is 1. The molecule has 0 aliphatic carbocycles. The van der Waals surface area contributed by atoms with Crippen molar-refractivity contribution >= 4 is 28.2 Å². The number of fused-ring (bicyclic) bond motifs is 2. The molecule has 3 aliphatic rings. The number of nitrogens with one attached hydrogen (secondary N) is 1. The third-order valence-corrected chi connectivity index (χ3v) is 9.47. The van der Waals surface area contributed by atoms with Gasteiger partial charge in [-0.1, -0.05) is 61.2 Å². The van der Waals surface area contributed by atoms with Crippen LogP contribution in [0.5, 0.6) is 11.8 Å². The molecule has 45 heavy (non-hydrogen) atoms. The summed E-state index contributed by atoms with van der Waals surface area (Å²) < 4.78 is 6.39. The summed E-state index contributed by atoms with van der Waals surface area (Å²) >= 11 is 0. The first-order valence-corrected chi connectivity index (χ1v) is 16.1. The van der Waals surface area contributed by atoms with Gasteiger partial charge < -0.3 is 19.6 Å². The molecule has 4 heterocycles. The van der Waals surface area contributed by atoms with Gasteiger partial charge in [-0.25, -0.2) is 0 Å². The van der Waals surface area contributed by atoms with Crippen LogP contribution in [0.4, 0.5) is 11.5 Å². The first-order valence-electron chi connectivity index (χ1n) is 16.1. The Kier molecular flexibility index (Phi) is 8.37. The summed E-state index contributed by atoms with van der Waals surface area (Å²) in [6.45, 7) is 11.5. The zero-order valence-electron chi connectivity index (χ0n) is 25.7. The van der Waals surface area contributed by atoms with E-state index in [0.717, 1.165) is 80.1 Å². The highest BCUT2D eigenvalue weighted by Gasteiger charge is 2.33. The van der Waals surface area contributed by atoms with Gasteiger partial charge in [0, 0.05) is 42.7 Å². The van der Waals surface area contributed by atoms with E-state index in [9.17, 15) is 9.90 Å². The van der Waals surface area contributed by atoms with E-state index >= 15 is 0 Å². The van der Waals surface area contributed by atoms with Crippen molar-refractivity contribution in [3.05, 3.63) is 96.2 Å². The number of benzene rings is 3. The highest BCUT2D eigenvalue weighted by molar-refractivity contribution is 5.95. The van der Waals surface area contributed by atoms with Crippen LogP contribution in [-0.2, 0) is 24.3 Å². The van der Waals surface area contributed by atoms with E-state index in [4.69, 9.17) is 14.7 Å². The van der Waals surface area contributed by atoms with Gasteiger partial charge in [-0.2, -0.15) is 4.98 Å². The number of nitrogens with zero attached hydrogens (tertiary/aromatic N) is 5. The van der Waals surface area contributed by atoms with Crippen LogP contribution in [0.2, 0.25) is 0 Å². The molecule has 9 heteroatoms. The Labute approximate surface area is 264 Å². The molecule has 2 N–H and O–H groups in total. The number of hydrogen-bond acceptors (Lipinski definition) is 7. The second kappa shape index (κ2) is 12.9. The van der Waals surface area contributed by atoms with E-state index < -0.39 is 0 Å². The van der Waals surface area contributed by atoms with Crippen molar-refractivity contribution in [2.75, 3.05) is 57.3 Å². The van der Waals surface area contributed by atoms with Gasteiger partial charge in [-0.05, 0) is 42.5 Å². The molecule has 1 aromatic heterocycles. The second-order valence-corrected chi connectivity index (χ2v) is 12.5. The highest BCUT2D eigenvalue weighted by Crippen LogP contribution is 2.35. The summed E-state index contributed by atoms with van der Waals surface area (Å²) in [5.74, 6) is 1.66. The monoisotopic (exact) mass is 605 g/mol. The molecule has 3 aliphatic heterocycles. The molecule has 1 amide bonds. The Morgan fingerprint density at radius 3 is 2.64 bits per heavy atom. The normalized spacial score (nSPS) is 19.1. The SMILES string of the molecule is C=CC(=O)N1CC[NH+](c2nc(OCC3CCN(Cc4ccccc4)C3)nc3c2CCN(c2cc(O)cc4ccccc24)C3)CC1. The molecule has 4 aromatic rings. The lowest BCUT2D eigenvalue weighted by Gasteiger charge is -2.35. The second-order valence-electron chi connectivity index (χ2n) is 12.5. The molecular weight excluding hydrogens is 564 g/mol. The van der Waals surface area contributed by atoms with Gasteiger partial charge in [-0.3, -0.25) is 14.6 Å². The summed E-state index contributed by atoms with van der Waals surface area (Å²) in [4.78, 5) is 30.2. The summed E-state index contributed by atoms with van der Waals surface area (Å²) in [5, 5.41) is 12.7. The van der Waals surface area contributed by atoms with Gasteiger partial charge in [0.25, 0.3) is 0 Å². The van der Waals surface area contributed by atoms with E-state index in [1.165, 1.54) is 22.1 Å². The van der Waals surface area contributed by atoms with Crippen molar-refractivity contribution in [3.8, 4) is 11.8 Å². The lowest BCUT2D eigenvalue weighted by atomic mass is 10.0. The number of aromatic nitrogens is 2. The number of ether oxygens (including phenoxy) is 1. The fourth-order valence-electron chi connectivity index (χ4n) is 7.10. The van der Waals surface area contributed by atoms with Crippen LogP contribution in [0, 0.1) is 5.92 Å². The molecule has 3 aromatic carbocycles. The van der Waals surface area contributed by atoms with Gasteiger partial charge in [0.15, 0.2) is 0 Å². The lowest BCUT2D eigenvalue weighted by Crippen LogP contribution is -3.11. The Bertz CT molecular complexity index is 1690. The van der Waals surface area contributed by atoms with Gasteiger partial charge in [0.1, 0.15) is 18.8 Å². The Morgan fingerprint density at radius 2 is 1.82 bits per heavy atom. The van der Waals surface area contributed by atoms with Crippen molar-refractivity contribution in [2.24, 2.45) is 5.92 Å². The van der Waals surface area contributed by atoms with Crippen LogP contribution in [0.25, 0.3) is 10.8 Å². The summed E-state index contributed by atoms with van der Waals surface area (Å²) in [7, 11) is 0. The molecule has 0 spiro atoms. The molecule has 232 valence electrons. The largest absolute Gasteiger partial charge is 0.508 e. The minimum Gasteiger partial charge on any atom is -0.508 e. The van der Waals surface area contributed by atoms with E-state index in [2.05, 4.69) is 52.8 Å². The average Bonchev–Trinajstić information content (AvgIpc) is 3.53. The standard InChI is InChI=1S/C36H40N6O3/c1-2-34(44)40-16-18-41(19-17-40)35-31-13-15-42(33-21-29(43)20-28-10-6-7-11-30(28)33)24-32(31)37-36(38-35)45-25-27-12-14-39(23-27)22-26-8-4-3-5-9-26/h2-11,20-21,27,43H,1,12-19,22-25H2/p+1. The molecule has 7 rings (SSSR count). The Hall–Kier alpha value is -4.47. The third kappa shape index (κ3) is 6.36. The maximum Gasteiger partial charge on any atom is 0.321 e. The van der Waals surface area contributed by atoms with Crippen LogP contribution in [-0.4, -0.2) is 83.2 Å². The summed E-state index contributed by atoms with van der Waals surface area (Å²) in [6, 6.07) is 22.9. The Balaban J connectivity index is 1.12. The van der Waals surface area contributed by atoms with Crippen LogP contribution in [0.15, 0.2) is 79.4 Å². The van der Waals surface area contributed by atoms with Crippen molar-refractivity contribution in [3.63, 3.8) is 0 Å². The number of piperazine rings is 1. The van der Waals surface area contributed by atoms with E-state index in [1.54, 1.807) is 0 Å². The topological polar surface area (TPSA) is 86.5 Å². The van der Waals surface area contributed by atoms with Crippen molar-refractivity contribution in [1.29, 1.82) is 0 Å². The number of hydrogen-bond donors (Lipinski definition) is 2. The zero-order valence-corrected chi connectivity index (χ0v) is 25.7. The quantitative estimate of drug-likeness (QED) is 0.298. The molecule has 1 atom stereocenters. The molecule has 2 fully saturated rings. The number of carbonyl (C=O) groups is 1. The maximum absolute atomic E-state index is 12.2. The smallest absolute Gasteiger partial charge is 0.321 e. The average molecular weight is 606 g/mol. The predicted molar refractivity (Wildman–Crippen MR) is 175 cm³/mol. The summed E-state index contributed by atoms with van der Waals surface area (Å²) in [5.41, 5.74) is 4.50. The molecular formula is C36H41N6O3+. The van der Waals surface area contributed by atoms with Gasteiger partial charge in [0.05, 0.1) is 37.5 Å². The zero-order chi connectivity index (χ0) is 30.8. The number of aromatic hydroxyl groups is 1. The van der Waals surface area contributed by atoms with Crippen molar-refractivity contribution in [1.82, 2.24) is 19.8 Å². The van der Waals surface area contributed by atoms with Crippen LogP contribution in [0.1, 0.15) is 23.2 Å². The number of phenolic OH excluding ortho intramolecular Hbond substituents is 1. The van der Waals surface area contributed by atoms with E-state index in [1.807, 2.05) is 35.2 Å². The van der Waals surface area contributed by atoms with Gasteiger partial charge >= 0.3 is 6.01 Å². The number of anilines is 1. The first kappa shape index (κ1) is 29.3. The number of likely N-dealkylation sites (tertiary alicyclic amines) is 1. The van der Waals surface area contributed by atoms with E-state index in [-0.39, 0.29) is 11.7 Å². The van der Waals surface area contributed by atoms with Crippen LogP contribution >= 0.6 is 0 Å². The van der Waals surface area contributed by atoms with Gasteiger partial charge in [-0.15, -0.1) is 4.98 Å². The Morgan fingerprint density at radius 1 is 1.02 bits per heavy atom. The number of amides is 1.